The summed E-state index contributed by atoms with van der Waals surface area (Å²) in [7, 11) is 5.06. The molecule has 7 nitrogen and oxygen atoms in total. The standard InChI is InChI=1S/C10H15N5O2/c1-11-6-4-8-9(5-7(6)12-2)15(17)10(13-3)14(8)16/h4-5,11-12,16-17H,1-3H3. The number of nitrogens with zero attached hydrogens (tertiary/aromatic N) is 3. The van der Waals surface area contributed by atoms with Crippen molar-refractivity contribution in [3.63, 3.8) is 0 Å². The van der Waals surface area contributed by atoms with E-state index in [0.717, 1.165) is 20.8 Å². The minimum atomic E-state index is 0.0651. The first-order valence-corrected chi connectivity index (χ1v) is 5.12. The molecule has 0 unspecified atom stereocenters. The van der Waals surface area contributed by atoms with Crippen molar-refractivity contribution in [3.8, 4) is 0 Å². The van der Waals surface area contributed by atoms with Crippen LogP contribution in [0.5, 0.6) is 0 Å². The number of hydrogen-bond donors (Lipinski definition) is 4. The lowest BCUT2D eigenvalue weighted by molar-refractivity contribution is 0.133. The molecule has 4 N–H and O–H groups in total. The molecule has 0 aliphatic heterocycles. The average molecular weight is 237 g/mol. The zero-order valence-corrected chi connectivity index (χ0v) is 9.89. The van der Waals surface area contributed by atoms with Crippen LogP contribution in [0.3, 0.4) is 0 Å². The van der Waals surface area contributed by atoms with Crippen molar-refractivity contribution in [2.75, 3.05) is 31.8 Å². The lowest BCUT2D eigenvalue weighted by atomic mass is 10.2. The van der Waals surface area contributed by atoms with Crippen LogP contribution in [0.2, 0.25) is 0 Å². The summed E-state index contributed by atoms with van der Waals surface area (Å²) in [6.07, 6.45) is 0. The van der Waals surface area contributed by atoms with Gasteiger partial charge in [0.25, 0.3) is 5.62 Å². The summed E-state index contributed by atoms with van der Waals surface area (Å²) in [6, 6.07) is 3.45. The van der Waals surface area contributed by atoms with Gasteiger partial charge >= 0.3 is 0 Å². The van der Waals surface area contributed by atoms with Gasteiger partial charge < -0.3 is 21.0 Å². The highest BCUT2D eigenvalue weighted by Crippen LogP contribution is 2.26. The number of nitrogens with one attached hydrogen (secondary N) is 2. The molecule has 1 aromatic heterocycles. The van der Waals surface area contributed by atoms with E-state index in [0.29, 0.717) is 11.0 Å². The van der Waals surface area contributed by atoms with E-state index in [4.69, 9.17) is 0 Å². The van der Waals surface area contributed by atoms with Crippen LogP contribution in [0.25, 0.3) is 11.0 Å². The van der Waals surface area contributed by atoms with E-state index in [2.05, 4.69) is 15.6 Å². The monoisotopic (exact) mass is 237 g/mol. The molecule has 0 fully saturated rings. The molecule has 0 saturated carbocycles. The van der Waals surface area contributed by atoms with E-state index >= 15 is 0 Å². The Hall–Kier alpha value is -2.31. The van der Waals surface area contributed by atoms with Crippen molar-refractivity contribution in [2.45, 2.75) is 0 Å². The minimum absolute atomic E-state index is 0.0651. The van der Waals surface area contributed by atoms with E-state index in [-0.39, 0.29) is 5.62 Å². The normalized spacial score (nSPS) is 10.5. The zero-order chi connectivity index (χ0) is 12.6. The molecule has 0 bridgehead atoms. The van der Waals surface area contributed by atoms with Crippen LogP contribution >= 0.6 is 0 Å². The fourth-order valence-corrected chi connectivity index (χ4v) is 1.82. The molecule has 0 aliphatic carbocycles. The Bertz CT molecular complexity index is 576. The molecule has 0 saturated heterocycles. The molecule has 17 heavy (non-hydrogen) atoms. The molecular formula is C10H15N5O2. The summed E-state index contributed by atoms with van der Waals surface area (Å²) >= 11 is 0. The Labute approximate surface area is 97.5 Å². The molecule has 0 radical (unpaired) electrons. The maximum absolute atomic E-state index is 9.85. The SMILES string of the molecule is CN=c1n(O)c2cc(NC)c(NC)cc2n1O. The lowest BCUT2D eigenvalue weighted by Crippen LogP contribution is -2.22. The Morgan fingerprint density at radius 3 is 1.71 bits per heavy atom. The third-order valence-corrected chi connectivity index (χ3v) is 2.69. The number of aromatic nitrogens is 2. The second-order valence-electron chi connectivity index (χ2n) is 3.53. The molecule has 0 aliphatic rings. The van der Waals surface area contributed by atoms with E-state index in [1.54, 1.807) is 26.2 Å². The van der Waals surface area contributed by atoms with Crippen LogP contribution in [-0.4, -0.2) is 41.0 Å². The van der Waals surface area contributed by atoms with Gasteiger partial charge in [-0.1, -0.05) is 0 Å². The highest BCUT2D eigenvalue weighted by Gasteiger charge is 2.13. The van der Waals surface area contributed by atoms with Crippen molar-refractivity contribution in [3.05, 3.63) is 17.8 Å². The first-order chi connectivity index (χ1) is 8.13. The van der Waals surface area contributed by atoms with Gasteiger partial charge in [-0.3, -0.25) is 4.99 Å². The van der Waals surface area contributed by atoms with E-state index < -0.39 is 0 Å². The number of anilines is 2. The predicted molar refractivity (Wildman–Crippen MR) is 64.9 cm³/mol. The highest BCUT2D eigenvalue weighted by molar-refractivity contribution is 5.87. The summed E-state index contributed by atoms with van der Waals surface area (Å²) in [5.74, 6) is 0. The molecule has 2 rings (SSSR count). The third kappa shape index (κ3) is 1.47. The Morgan fingerprint density at radius 1 is 1.00 bits per heavy atom. The van der Waals surface area contributed by atoms with E-state index in [9.17, 15) is 10.4 Å². The number of benzene rings is 1. The van der Waals surface area contributed by atoms with Crippen LogP contribution in [0.4, 0.5) is 11.4 Å². The van der Waals surface area contributed by atoms with Crippen molar-refractivity contribution < 1.29 is 10.4 Å². The van der Waals surface area contributed by atoms with Gasteiger partial charge in [-0.25, -0.2) is 0 Å². The molecular weight excluding hydrogens is 222 g/mol. The van der Waals surface area contributed by atoms with Crippen LogP contribution in [0.1, 0.15) is 0 Å². The lowest BCUT2D eigenvalue weighted by Gasteiger charge is -2.08. The van der Waals surface area contributed by atoms with Gasteiger partial charge in [0.1, 0.15) is 11.0 Å². The van der Waals surface area contributed by atoms with Gasteiger partial charge in [0.2, 0.25) is 0 Å². The van der Waals surface area contributed by atoms with Crippen molar-refractivity contribution in [1.29, 1.82) is 0 Å². The summed E-state index contributed by atoms with van der Waals surface area (Å²) < 4.78 is 1.69. The van der Waals surface area contributed by atoms with Gasteiger partial charge in [0.05, 0.1) is 11.4 Å². The summed E-state index contributed by atoms with van der Waals surface area (Å²) in [6.45, 7) is 0. The van der Waals surface area contributed by atoms with Crippen LogP contribution in [0.15, 0.2) is 17.1 Å². The summed E-state index contributed by atoms with van der Waals surface area (Å²) in [5.41, 5.74) is 2.63. The average Bonchev–Trinajstić information content (AvgIpc) is 2.59. The van der Waals surface area contributed by atoms with Crippen molar-refractivity contribution in [1.82, 2.24) is 9.46 Å². The van der Waals surface area contributed by atoms with Crippen LogP contribution < -0.4 is 16.3 Å². The largest absolute Gasteiger partial charge is 0.425 e. The minimum Gasteiger partial charge on any atom is -0.425 e. The zero-order valence-electron chi connectivity index (χ0n) is 9.89. The van der Waals surface area contributed by atoms with Gasteiger partial charge in [-0.2, -0.15) is 0 Å². The molecule has 1 heterocycles. The van der Waals surface area contributed by atoms with Crippen molar-refractivity contribution in [2.24, 2.45) is 4.99 Å². The summed E-state index contributed by atoms with van der Waals surface area (Å²) in [5, 5.41) is 25.7. The van der Waals surface area contributed by atoms with Crippen LogP contribution in [-0.2, 0) is 0 Å². The smallest absolute Gasteiger partial charge is 0.272 e. The molecule has 0 atom stereocenters. The molecule has 92 valence electrons. The fourth-order valence-electron chi connectivity index (χ4n) is 1.82. The molecule has 0 spiro atoms. The number of rotatable bonds is 2. The second-order valence-corrected chi connectivity index (χ2v) is 3.53. The van der Waals surface area contributed by atoms with Crippen molar-refractivity contribution >= 4 is 22.4 Å². The van der Waals surface area contributed by atoms with Gasteiger partial charge in [0, 0.05) is 21.1 Å². The fraction of sp³-hybridized carbons (Fsp3) is 0.300. The molecule has 0 amide bonds. The Morgan fingerprint density at radius 2 is 1.41 bits per heavy atom. The maximum atomic E-state index is 9.85. The Kier molecular flexibility index (Phi) is 2.58. The Balaban J connectivity index is 2.91. The highest BCUT2D eigenvalue weighted by atomic mass is 16.5. The summed E-state index contributed by atoms with van der Waals surface area (Å²) in [4.78, 5) is 3.80. The first kappa shape index (κ1) is 11.2. The number of hydrogen-bond acceptors (Lipinski definition) is 5. The maximum Gasteiger partial charge on any atom is 0.272 e. The first-order valence-electron chi connectivity index (χ1n) is 5.12. The number of fused-ring (bicyclic) bond motifs is 1. The number of imidazole rings is 1. The van der Waals surface area contributed by atoms with E-state index in [1.807, 2.05) is 0 Å². The van der Waals surface area contributed by atoms with Crippen LogP contribution in [0, 0.1) is 0 Å². The predicted octanol–water partition coefficient (Wildman–Crippen LogP) is 0.531. The quantitative estimate of drug-likeness (QED) is 0.574. The van der Waals surface area contributed by atoms with E-state index in [1.165, 1.54) is 7.05 Å². The third-order valence-electron chi connectivity index (χ3n) is 2.69. The second kappa shape index (κ2) is 3.93. The molecule has 1 aromatic carbocycles. The molecule has 2 aromatic rings. The topological polar surface area (TPSA) is 86.7 Å². The van der Waals surface area contributed by atoms with Gasteiger partial charge in [-0.15, -0.1) is 9.46 Å². The van der Waals surface area contributed by atoms with Gasteiger partial charge in [-0.05, 0) is 12.1 Å². The molecule has 7 heteroatoms. The van der Waals surface area contributed by atoms with Gasteiger partial charge in [0.15, 0.2) is 0 Å².